The molecule has 3 rings (SSSR count). The summed E-state index contributed by atoms with van der Waals surface area (Å²) in [6, 6.07) is 7.04. The van der Waals surface area contributed by atoms with Gasteiger partial charge in [0.25, 0.3) is 5.91 Å². The molecule has 1 fully saturated rings. The lowest BCUT2D eigenvalue weighted by molar-refractivity contribution is -0.120. The molecule has 6 heteroatoms. The van der Waals surface area contributed by atoms with Crippen LogP contribution in [0.3, 0.4) is 0 Å². The fourth-order valence-electron chi connectivity index (χ4n) is 3.37. The molecule has 0 atom stereocenters. The molecule has 2 aromatic rings. The molecule has 138 valence electrons. The predicted octanol–water partition coefficient (Wildman–Crippen LogP) is 3.74. The first-order valence-corrected chi connectivity index (χ1v) is 9.15. The van der Waals surface area contributed by atoms with Gasteiger partial charge in [-0.1, -0.05) is 30.5 Å². The Kier molecular flexibility index (Phi) is 5.71. The van der Waals surface area contributed by atoms with Crippen molar-refractivity contribution < 1.29 is 14.1 Å². The van der Waals surface area contributed by atoms with E-state index in [0.29, 0.717) is 23.6 Å². The van der Waals surface area contributed by atoms with Crippen LogP contribution in [-0.2, 0) is 11.3 Å². The first-order valence-electron chi connectivity index (χ1n) is 9.15. The van der Waals surface area contributed by atoms with Crippen molar-refractivity contribution >= 4 is 17.5 Å². The number of rotatable bonds is 5. The summed E-state index contributed by atoms with van der Waals surface area (Å²) in [5.74, 6) is 0.647. The van der Waals surface area contributed by atoms with E-state index in [1.165, 1.54) is 6.42 Å². The summed E-state index contributed by atoms with van der Waals surface area (Å²) in [7, 11) is 0. The van der Waals surface area contributed by atoms with Crippen molar-refractivity contribution in [3.8, 4) is 0 Å². The third kappa shape index (κ3) is 4.31. The highest BCUT2D eigenvalue weighted by molar-refractivity contribution is 5.97. The van der Waals surface area contributed by atoms with Gasteiger partial charge in [-0.2, -0.15) is 0 Å². The molecule has 6 nitrogen and oxygen atoms in total. The van der Waals surface area contributed by atoms with Crippen LogP contribution in [0.5, 0.6) is 0 Å². The molecule has 0 aliphatic heterocycles. The maximum absolute atomic E-state index is 12.4. The van der Waals surface area contributed by atoms with E-state index >= 15 is 0 Å². The second-order valence-corrected chi connectivity index (χ2v) is 6.89. The van der Waals surface area contributed by atoms with Crippen molar-refractivity contribution in [3.05, 3.63) is 46.8 Å². The number of anilines is 1. The normalized spacial score (nSPS) is 14.8. The van der Waals surface area contributed by atoms with Crippen LogP contribution in [0.4, 0.5) is 5.69 Å². The molecule has 1 heterocycles. The smallest absolute Gasteiger partial charge is 0.251 e. The number of nitrogens with one attached hydrogen (secondary N) is 2. The number of aryl methyl sites for hydroxylation is 2. The van der Waals surface area contributed by atoms with Gasteiger partial charge in [0.05, 0.1) is 5.69 Å². The maximum Gasteiger partial charge on any atom is 0.251 e. The van der Waals surface area contributed by atoms with Gasteiger partial charge in [0.2, 0.25) is 5.91 Å². The minimum absolute atomic E-state index is 0.0537. The van der Waals surface area contributed by atoms with Crippen molar-refractivity contribution in [1.82, 2.24) is 10.5 Å². The largest absolute Gasteiger partial charge is 0.361 e. The molecule has 0 saturated heterocycles. The van der Waals surface area contributed by atoms with Crippen LogP contribution in [0.15, 0.2) is 28.8 Å². The Hall–Kier alpha value is -2.63. The van der Waals surface area contributed by atoms with Gasteiger partial charge >= 0.3 is 0 Å². The summed E-state index contributed by atoms with van der Waals surface area (Å²) >= 11 is 0. The number of hydrogen-bond donors (Lipinski definition) is 2. The number of aromatic nitrogens is 1. The highest BCUT2D eigenvalue weighted by atomic mass is 16.5. The monoisotopic (exact) mass is 355 g/mol. The molecular formula is C20H25N3O3. The molecule has 26 heavy (non-hydrogen) atoms. The quantitative estimate of drug-likeness (QED) is 0.856. The average molecular weight is 355 g/mol. The van der Waals surface area contributed by atoms with Crippen molar-refractivity contribution in [1.29, 1.82) is 0 Å². The van der Waals surface area contributed by atoms with Gasteiger partial charge in [0, 0.05) is 29.3 Å². The zero-order valence-corrected chi connectivity index (χ0v) is 15.3. The number of nitrogens with zero attached hydrogens (tertiary/aromatic N) is 1. The highest BCUT2D eigenvalue weighted by Gasteiger charge is 2.21. The van der Waals surface area contributed by atoms with Crippen LogP contribution >= 0.6 is 0 Å². The van der Waals surface area contributed by atoms with E-state index in [1.54, 1.807) is 18.2 Å². The molecule has 0 unspecified atom stereocenters. The second-order valence-electron chi connectivity index (χ2n) is 6.89. The summed E-state index contributed by atoms with van der Waals surface area (Å²) in [4.78, 5) is 24.8. The van der Waals surface area contributed by atoms with Crippen LogP contribution in [0.2, 0.25) is 0 Å². The van der Waals surface area contributed by atoms with E-state index in [1.807, 2.05) is 19.9 Å². The van der Waals surface area contributed by atoms with Crippen molar-refractivity contribution in [2.45, 2.75) is 52.5 Å². The molecule has 2 N–H and O–H groups in total. The van der Waals surface area contributed by atoms with Gasteiger partial charge in [0.1, 0.15) is 5.76 Å². The van der Waals surface area contributed by atoms with Crippen LogP contribution in [0, 0.1) is 19.8 Å². The molecule has 0 radical (unpaired) electrons. The number of benzene rings is 1. The summed E-state index contributed by atoms with van der Waals surface area (Å²) in [5, 5.41) is 9.71. The van der Waals surface area contributed by atoms with Gasteiger partial charge in [-0.15, -0.1) is 0 Å². The Bertz CT molecular complexity index is 772. The van der Waals surface area contributed by atoms with Crippen LogP contribution in [0.25, 0.3) is 0 Å². The lowest BCUT2D eigenvalue weighted by atomic mass is 9.88. The topological polar surface area (TPSA) is 84.2 Å². The fourth-order valence-corrected chi connectivity index (χ4v) is 3.37. The molecule has 1 aliphatic rings. The first kappa shape index (κ1) is 18.2. The van der Waals surface area contributed by atoms with E-state index < -0.39 is 0 Å². The number of amides is 2. The molecule has 2 amide bonds. The zero-order valence-electron chi connectivity index (χ0n) is 15.3. The third-order valence-corrected chi connectivity index (χ3v) is 4.98. The number of carbonyl (C=O) groups excluding carboxylic acids is 2. The van der Waals surface area contributed by atoms with E-state index in [-0.39, 0.29) is 17.7 Å². The Morgan fingerprint density at radius 2 is 1.96 bits per heavy atom. The molecule has 1 aromatic heterocycles. The lowest BCUT2D eigenvalue weighted by Gasteiger charge is -2.20. The Labute approximate surface area is 153 Å². The Morgan fingerprint density at radius 3 is 2.65 bits per heavy atom. The van der Waals surface area contributed by atoms with Crippen molar-refractivity contribution in [2.24, 2.45) is 5.92 Å². The fraction of sp³-hybridized carbons (Fsp3) is 0.450. The molecule has 1 saturated carbocycles. The van der Waals surface area contributed by atoms with Gasteiger partial charge in [-0.3, -0.25) is 9.59 Å². The molecule has 0 spiro atoms. The van der Waals surface area contributed by atoms with Crippen LogP contribution < -0.4 is 10.6 Å². The van der Waals surface area contributed by atoms with Gasteiger partial charge < -0.3 is 15.2 Å². The van der Waals surface area contributed by atoms with E-state index in [2.05, 4.69) is 15.8 Å². The molecule has 1 aliphatic carbocycles. The van der Waals surface area contributed by atoms with Crippen LogP contribution in [-0.4, -0.2) is 17.0 Å². The third-order valence-electron chi connectivity index (χ3n) is 4.98. The predicted molar refractivity (Wildman–Crippen MR) is 98.8 cm³/mol. The van der Waals surface area contributed by atoms with Crippen LogP contribution in [0.1, 0.15) is 59.5 Å². The minimum atomic E-state index is -0.196. The molecule has 0 bridgehead atoms. The summed E-state index contributed by atoms with van der Waals surface area (Å²) < 4.78 is 5.10. The average Bonchev–Trinajstić information content (AvgIpc) is 2.98. The van der Waals surface area contributed by atoms with E-state index in [9.17, 15) is 9.59 Å². The van der Waals surface area contributed by atoms with E-state index in [4.69, 9.17) is 4.52 Å². The lowest BCUT2D eigenvalue weighted by Crippen LogP contribution is -2.25. The second kappa shape index (κ2) is 8.17. The van der Waals surface area contributed by atoms with Crippen molar-refractivity contribution in [2.75, 3.05) is 5.32 Å². The number of carbonyl (C=O) groups is 2. The Morgan fingerprint density at radius 1 is 1.19 bits per heavy atom. The standard InChI is InChI=1S/C20H25N3O3/c1-13-18(14(2)26-23-13)12-21-19(24)16-9-6-10-17(11-16)22-20(25)15-7-4-3-5-8-15/h6,9-11,15H,3-5,7-8,12H2,1-2H3,(H,21,24)(H,22,25). The van der Waals surface area contributed by atoms with E-state index in [0.717, 1.165) is 36.9 Å². The minimum Gasteiger partial charge on any atom is -0.361 e. The molecular weight excluding hydrogens is 330 g/mol. The Balaban J connectivity index is 1.61. The summed E-state index contributed by atoms with van der Waals surface area (Å²) in [6.45, 7) is 4.03. The molecule has 1 aromatic carbocycles. The first-order chi connectivity index (χ1) is 12.5. The van der Waals surface area contributed by atoms with Crippen molar-refractivity contribution in [3.63, 3.8) is 0 Å². The van der Waals surface area contributed by atoms with Gasteiger partial charge in [-0.25, -0.2) is 0 Å². The number of hydrogen-bond acceptors (Lipinski definition) is 4. The van der Waals surface area contributed by atoms with Gasteiger partial charge in [-0.05, 0) is 44.9 Å². The SMILES string of the molecule is Cc1noc(C)c1CNC(=O)c1cccc(NC(=O)C2CCCCC2)c1. The highest BCUT2D eigenvalue weighted by Crippen LogP contribution is 2.25. The van der Waals surface area contributed by atoms with Gasteiger partial charge in [0.15, 0.2) is 0 Å². The summed E-state index contributed by atoms with van der Waals surface area (Å²) in [6.07, 6.45) is 5.34. The maximum atomic E-state index is 12.4. The zero-order chi connectivity index (χ0) is 18.5. The summed E-state index contributed by atoms with van der Waals surface area (Å²) in [5.41, 5.74) is 2.83.